The van der Waals surface area contributed by atoms with Crippen molar-refractivity contribution in [3.05, 3.63) is 52.9 Å². The van der Waals surface area contributed by atoms with Crippen molar-refractivity contribution >= 4 is 17.7 Å². The van der Waals surface area contributed by atoms with E-state index in [4.69, 9.17) is 4.52 Å². The summed E-state index contributed by atoms with van der Waals surface area (Å²) in [4.78, 5) is 15.3. The van der Waals surface area contributed by atoms with Gasteiger partial charge in [-0.05, 0) is 26.3 Å². The van der Waals surface area contributed by atoms with Crippen molar-refractivity contribution < 1.29 is 9.32 Å². The smallest absolute Gasteiger partial charge is 0.230 e. The third-order valence-corrected chi connectivity index (χ3v) is 6.01. The van der Waals surface area contributed by atoms with Gasteiger partial charge in [0.25, 0.3) is 0 Å². The van der Waals surface area contributed by atoms with Crippen LogP contribution in [0.15, 0.2) is 34.9 Å². The van der Waals surface area contributed by atoms with Gasteiger partial charge in [0.15, 0.2) is 0 Å². The van der Waals surface area contributed by atoms with Crippen LogP contribution in [0.5, 0.6) is 0 Å². The van der Waals surface area contributed by atoms with Crippen molar-refractivity contribution in [2.45, 2.75) is 44.9 Å². The van der Waals surface area contributed by atoms with E-state index in [9.17, 15) is 4.79 Å². The summed E-state index contributed by atoms with van der Waals surface area (Å²) in [7, 11) is 0. The molecule has 0 saturated carbocycles. The molecule has 4 nitrogen and oxygen atoms in total. The number of aryl methyl sites for hydroxylation is 2. The summed E-state index contributed by atoms with van der Waals surface area (Å²) in [5.74, 6) is 1.64. The fraction of sp³-hybridized carbons (Fsp3) is 0.474. The fourth-order valence-electron chi connectivity index (χ4n) is 3.65. The Kier molecular flexibility index (Phi) is 4.99. The summed E-state index contributed by atoms with van der Waals surface area (Å²) in [5.41, 5.74) is 2.94. The first-order valence-electron chi connectivity index (χ1n) is 8.40. The summed E-state index contributed by atoms with van der Waals surface area (Å²) in [5, 5.41) is 4.38. The van der Waals surface area contributed by atoms with Crippen LogP contribution in [0.25, 0.3) is 0 Å². The Morgan fingerprint density at radius 2 is 2.04 bits per heavy atom. The van der Waals surface area contributed by atoms with Crippen molar-refractivity contribution in [1.82, 2.24) is 10.1 Å². The molecule has 1 saturated heterocycles. The lowest BCUT2D eigenvalue weighted by molar-refractivity contribution is -0.135. The van der Waals surface area contributed by atoms with Crippen molar-refractivity contribution in [2.75, 3.05) is 12.3 Å². The van der Waals surface area contributed by atoms with Gasteiger partial charge in [0.1, 0.15) is 5.76 Å². The molecule has 1 aromatic heterocycles. The number of hydrogen-bond acceptors (Lipinski definition) is 4. The lowest BCUT2D eigenvalue weighted by Gasteiger charge is -2.41. The molecule has 0 bridgehead atoms. The molecule has 128 valence electrons. The summed E-state index contributed by atoms with van der Waals surface area (Å²) in [6.07, 6.45) is 0. The Hall–Kier alpha value is -1.75. The van der Waals surface area contributed by atoms with E-state index >= 15 is 0 Å². The summed E-state index contributed by atoms with van der Waals surface area (Å²) >= 11 is 1.93. The highest BCUT2D eigenvalue weighted by molar-refractivity contribution is 8.00. The minimum atomic E-state index is -0.238. The van der Waals surface area contributed by atoms with Crippen LogP contribution >= 0.6 is 11.8 Å². The van der Waals surface area contributed by atoms with Gasteiger partial charge in [-0.1, -0.05) is 42.4 Å². The van der Waals surface area contributed by atoms with Crippen LogP contribution in [-0.2, 0) is 4.79 Å². The molecular formula is C19H24N2O2S. The highest BCUT2D eigenvalue weighted by Crippen LogP contribution is 2.38. The van der Waals surface area contributed by atoms with Crippen molar-refractivity contribution in [2.24, 2.45) is 0 Å². The highest BCUT2D eigenvalue weighted by Gasteiger charge is 2.36. The molecule has 0 radical (unpaired) electrons. The van der Waals surface area contributed by atoms with Crippen LogP contribution in [0, 0.1) is 13.8 Å². The highest BCUT2D eigenvalue weighted by atomic mass is 32.2. The number of carbonyl (C=O) groups is 1. The van der Waals surface area contributed by atoms with Gasteiger partial charge in [-0.25, -0.2) is 0 Å². The van der Waals surface area contributed by atoms with Crippen LogP contribution < -0.4 is 0 Å². The first-order chi connectivity index (χ1) is 11.5. The molecule has 24 heavy (non-hydrogen) atoms. The third kappa shape index (κ3) is 3.09. The van der Waals surface area contributed by atoms with E-state index in [2.05, 4.69) is 24.2 Å². The predicted octanol–water partition coefficient (Wildman–Crippen LogP) is 4.10. The zero-order chi connectivity index (χ0) is 17.3. The van der Waals surface area contributed by atoms with E-state index in [1.165, 1.54) is 5.56 Å². The number of aromatic nitrogens is 1. The zero-order valence-electron chi connectivity index (χ0n) is 14.7. The van der Waals surface area contributed by atoms with Gasteiger partial charge in [-0.15, -0.1) is 0 Å². The molecule has 0 N–H and O–H groups in total. The SMILES string of the molecule is Cc1noc(C)c1[C@H](C)C(=O)N1CCS[C@H](C)[C@H]1c1ccccc1. The Bertz CT molecular complexity index is 694. The Balaban J connectivity index is 1.92. The number of hydrogen-bond donors (Lipinski definition) is 0. The molecule has 3 rings (SSSR count). The molecule has 1 aliphatic rings. The van der Waals surface area contributed by atoms with Crippen LogP contribution in [0.3, 0.4) is 0 Å². The van der Waals surface area contributed by atoms with Crippen LogP contribution in [0.1, 0.15) is 48.4 Å². The van der Waals surface area contributed by atoms with E-state index in [0.29, 0.717) is 5.25 Å². The second-order valence-corrected chi connectivity index (χ2v) is 7.91. The maximum Gasteiger partial charge on any atom is 0.230 e. The van der Waals surface area contributed by atoms with E-state index in [-0.39, 0.29) is 17.9 Å². The average Bonchev–Trinajstić information content (AvgIpc) is 2.92. The molecule has 0 spiro atoms. The lowest BCUT2D eigenvalue weighted by atomic mass is 9.95. The van der Waals surface area contributed by atoms with E-state index in [0.717, 1.165) is 29.3 Å². The number of amides is 1. The second kappa shape index (κ2) is 7.01. The normalized spacial score (nSPS) is 22.4. The van der Waals surface area contributed by atoms with E-state index in [1.54, 1.807) is 0 Å². The molecule has 1 fully saturated rings. The quantitative estimate of drug-likeness (QED) is 0.841. The van der Waals surface area contributed by atoms with Crippen LogP contribution in [-0.4, -0.2) is 33.5 Å². The van der Waals surface area contributed by atoms with Crippen molar-refractivity contribution in [3.63, 3.8) is 0 Å². The molecule has 2 aromatic rings. The number of thioether (sulfide) groups is 1. The average molecular weight is 344 g/mol. The molecule has 0 unspecified atom stereocenters. The number of rotatable bonds is 3. The van der Waals surface area contributed by atoms with Crippen molar-refractivity contribution in [3.8, 4) is 0 Å². The molecule has 5 heteroatoms. The summed E-state index contributed by atoms with van der Waals surface area (Å²) in [6, 6.07) is 10.5. The number of nitrogens with zero attached hydrogens (tertiary/aromatic N) is 2. The van der Waals surface area contributed by atoms with E-state index < -0.39 is 0 Å². The Morgan fingerprint density at radius 3 is 2.67 bits per heavy atom. The fourth-order valence-corrected chi connectivity index (χ4v) is 4.81. The molecule has 1 aliphatic heterocycles. The van der Waals surface area contributed by atoms with Crippen LogP contribution in [0.4, 0.5) is 0 Å². The third-order valence-electron chi connectivity index (χ3n) is 4.81. The summed E-state index contributed by atoms with van der Waals surface area (Å²) < 4.78 is 5.26. The maximum atomic E-state index is 13.3. The zero-order valence-corrected chi connectivity index (χ0v) is 15.5. The van der Waals surface area contributed by atoms with E-state index in [1.807, 2.05) is 55.6 Å². The standard InChI is InChI=1S/C19H24N2O2S/c1-12(17-13(2)20-23-14(17)3)19(22)21-10-11-24-15(4)18(21)16-8-6-5-7-9-16/h5-9,12,15,18H,10-11H2,1-4H3/t12-,15+,18-/m0/s1. The second-order valence-electron chi connectivity index (χ2n) is 6.42. The Labute approximate surface area is 147 Å². The molecule has 1 amide bonds. The molecule has 3 atom stereocenters. The molecule has 0 aliphatic carbocycles. The van der Waals surface area contributed by atoms with Gasteiger partial charge in [0, 0.05) is 23.1 Å². The van der Waals surface area contributed by atoms with Gasteiger partial charge in [0.05, 0.1) is 17.7 Å². The molecule has 2 heterocycles. The Morgan fingerprint density at radius 1 is 1.33 bits per heavy atom. The minimum absolute atomic E-state index is 0.111. The molecular weight excluding hydrogens is 320 g/mol. The van der Waals surface area contributed by atoms with Gasteiger partial charge < -0.3 is 9.42 Å². The molecule has 1 aromatic carbocycles. The lowest BCUT2D eigenvalue weighted by Crippen LogP contribution is -2.45. The minimum Gasteiger partial charge on any atom is -0.361 e. The largest absolute Gasteiger partial charge is 0.361 e. The summed E-state index contributed by atoms with van der Waals surface area (Å²) in [6.45, 7) is 8.73. The first kappa shape index (κ1) is 17.1. The predicted molar refractivity (Wildman–Crippen MR) is 97.2 cm³/mol. The number of benzene rings is 1. The van der Waals surface area contributed by atoms with Crippen molar-refractivity contribution in [1.29, 1.82) is 0 Å². The van der Waals surface area contributed by atoms with Gasteiger partial charge in [-0.3, -0.25) is 4.79 Å². The van der Waals surface area contributed by atoms with Gasteiger partial charge in [-0.2, -0.15) is 11.8 Å². The number of carbonyl (C=O) groups excluding carboxylic acids is 1. The monoisotopic (exact) mass is 344 g/mol. The topological polar surface area (TPSA) is 46.3 Å². The van der Waals surface area contributed by atoms with Gasteiger partial charge >= 0.3 is 0 Å². The van der Waals surface area contributed by atoms with Gasteiger partial charge in [0.2, 0.25) is 5.91 Å². The first-order valence-corrected chi connectivity index (χ1v) is 9.45. The maximum absolute atomic E-state index is 13.3. The van der Waals surface area contributed by atoms with Crippen LogP contribution in [0.2, 0.25) is 0 Å².